The highest BCUT2D eigenvalue weighted by molar-refractivity contribution is 7.16. The van der Waals surface area contributed by atoms with E-state index in [0.29, 0.717) is 40.8 Å². The van der Waals surface area contributed by atoms with Crippen molar-refractivity contribution in [1.29, 1.82) is 0 Å². The standard InChI is InChI=1S/C23H27ClN4O5S/c1-22(2,3)15-10-12(19(29)28-9-8-25-20(30)23(28,4)5)18(34-15)27-21(31)26-13-6-7-14-17(16(13)24)33-11-32-14/h6-7,10H,8-9,11H2,1-5H3,(H,25,30)(H2,26,27,31). The largest absolute Gasteiger partial charge is 0.454 e. The summed E-state index contributed by atoms with van der Waals surface area (Å²) in [5.74, 6) is 0.336. The van der Waals surface area contributed by atoms with Crippen LogP contribution in [0.3, 0.4) is 0 Å². The predicted molar refractivity (Wildman–Crippen MR) is 131 cm³/mol. The van der Waals surface area contributed by atoms with Gasteiger partial charge in [-0.25, -0.2) is 4.79 Å². The van der Waals surface area contributed by atoms with Gasteiger partial charge in [-0.1, -0.05) is 32.4 Å². The topological polar surface area (TPSA) is 109 Å². The molecular formula is C23H27ClN4O5S. The molecule has 0 bridgehead atoms. The van der Waals surface area contributed by atoms with E-state index < -0.39 is 11.6 Å². The molecular weight excluding hydrogens is 480 g/mol. The van der Waals surface area contributed by atoms with E-state index in [9.17, 15) is 14.4 Å². The van der Waals surface area contributed by atoms with E-state index >= 15 is 0 Å². The molecule has 1 fully saturated rings. The van der Waals surface area contributed by atoms with Crippen LogP contribution in [-0.2, 0) is 10.2 Å². The molecule has 3 N–H and O–H groups in total. The lowest BCUT2D eigenvalue weighted by molar-refractivity contribution is -0.133. The van der Waals surface area contributed by atoms with E-state index in [0.717, 1.165) is 4.88 Å². The van der Waals surface area contributed by atoms with Gasteiger partial charge in [-0.15, -0.1) is 11.3 Å². The average molecular weight is 507 g/mol. The highest BCUT2D eigenvalue weighted by Gasteiger charge is 2.42. The summed E-state index contributed by atoms with van der Waals surface area (Å²) in [5, 5.41) is 8.91. The molecule has 34 heavy (non-hydrogen) atoms. The molecule has 3 heterocycles. The van der Waals surface area contributed by atoms with Crippen molar-refractivity contribution in [1.82, 2.24) is 10.2 Å². The van der Waals surface area contributed by atoms with Crippen LogP contribution in [0.15, 0.2) is 18.2 Å². The van der Waals surface area contributed by atoms with Gasteiger partial charge < -0.3 is 25.0 Å². The van der Waals surface area contributed by atoms with Crippen LogP contribution >= 0.6 is 22.9 Å². The van der Waals surface area contributed by atoms with Crippen LogP contribution in [0.4, 0.5) is 15.5 Å². The average Bonchev–Trinajstić information content (AvgIpc) is 3.39. The first kappa shape index (κ1) is 24.2. The fourth-order valence-corrected chi connectivity index (χ4v) is 5.07. The molecule has 1 aromatic heterocycles. The predicted octanol–water partition coefficient (Wildman–Crippen LogP) is 4.42. The van der Waals surface area contributed by atoms with E-state index in [2.05, 4.69) is 16.0 Å². The van der Waals surface area contributed by atoms with E-state index in [-0.39, 0.29) is 29.0 Å². The summed E-state index contributed by atoms with van der Waals surface area (Å²) in [6.07, 6.45) is 0. The Kier molecular flexibility index (Phi) is 6.15. The van der Waals surface area contributed by atoms with Gasteiger partial charge in [-0.05, 0) is 37.5 Å². The van der Waals surface area contributed by atoms with Crippen molar-refractivity contribution in [3.05, 3.63) is 33.7 Å². The minimum atomic E-state index is -1.02. The van der Waals surface area contributed by atoms with E-state index in [1.54, 1.807) is 32.0 Å². The van der Waals surface area contributed by atoms with Crippen molar-refractivity contribution in [2.75, 3.05) is 30.5 Å². The van der Waals surface area contributed by atoms with Crippen LogP contribution in [-0.4, -0.2) is 48.2 Å². The fourth-order valence-electron chi connectivity index (χ4n) is 3.70. The molecule has 4 rings (SSSR count). The fraction of sp³-hybridized carbons (Fsp3) is 0.435. The second kappa shape index (κ2) is 8.66. The van der Waals surface area contributed by atoms with Crippen LogP contribution in [0.1, 0.15) is 49.9 Å². The maximum atomic E-state index is 13.6. The van der Waals surface area contributed by atoms with Crippen molar-refractivity contribution in [2.24, 2.45) is 0 Å². The highest BCUT2D eigenvalue weighted by atomic mass is 35.5. The molecule has 0 unspecified atom stereocenters. The second-order valence-electron chi connectivity index (χ2n) is 9.62. The summed E-state index contributed by atoms with van der Waals surface area (Å²) in [7, 11) is 0. The first-order valence-corrected chi connectivity index (χ1v) is 12.0. The molecule has 182 valence electrons. The highest BCUT2D eigenvalue weighted by Crippen LogP contribution is 2.43. The van der Waals surface area contributed by atoms with Gasteiger partial charge in [-0.2, -0.15) is 0 Å². The normalized spacial score (nSPS) is 16.8. The Balaban J connectivity index is 1.61. The smallest absolute Gasteiger partial charge is 0.324 e. The first-order valence-electron chi connectivity index (χ1n) is 10.8. The van der Waals surface area contributed by atoms with Gasteiger partial charge >= 0.3 is 6.03 Å². The number of rotatable bonds is 3. The van der Waals surface area contributed by atoms with Crippen LogP contribution in [0.25, 0.3) is 0 Å². The quantitative estimate of drug-likeness (QED) is 0.571. The summed E-state index contributed by atoms with van der Waals surface area (Å²) in [4.78, 5) is 41.3. The number of nitrogens with one attached hydrogen (secondary N) is 3. The number of carbonyl (C=O) groups is 3. The van der Waals surface area contributed by atoms with Crippen LogP contribution in [0.5, 0.6) is 11.5 Å². The summed E-state index contributed by atoms with van der Waals surface area (Å²) >= 11 is 7.68. The molecule has 0 atom stereocenters. The molecule has 0 radical (unpaired) electrons. The Morgan fingerprint density at radius 3 is 2.65 bits per heavy atom. The number of hydrogen-bond donors (Lipinski definition) is 3. The van der Waals surface area contributed by atoms with Crippen molar-refractivity contribution in [2.45, 2.75) is 45.6 Å². The number of thiophene rings is 1. The van der Waals surface area contributed by atoms with E-state index in [1.807, 2.05) is 20.8 Å². The molecule has 4 amide bonds. The Labute approximate surface area is 206 Å². The van der Waals surface area contributed by atoms with E-state index in [4.69, 9.17) is 21.1 Å². The minimum absolute atomic E-state index is 0.0613. The third-order valence-corrected chi connectivity index (χ3v) is 7.60. The SMILES string of the molecule is CC(C)(C)c1cc(C(=O)N2CCNC(=O)C2(C)C)c(NC(=O)Nc2ccc3c(c2Cl)OCO3)s1. The summed E-state index contributed by atoms with van der Waals surface area (Å²) in [6, 6.07) is 4.50. The molecule has 2 aromatic rings. The second-order valence-corrected chi connectivity index (χ2v) is 11.0. The van der Waals surface area contributed by atoms with Gasteiger partial charge in [0.25, 0.3) is 5.91 Å². The number of nitrogens with zero attached hydrogens (tertiary/aromatic N) is 1. The first-order chi connectivity index (χ1) is 15.9. The maximum absolute atomic E-state index is 13.6. The molecule has 0 spiro atoms. The number of ether oxygens (including phenoxy) is 2. The third-order valence-electron chi connectivity index (χ3n) is 5.75. The zero-order valence-electron chi connectivity index (χ0n) is 19.6. The lowest BCUT2D eigenvalue weighted by atomic mass is 9.93. The van der Waals surface area contributed by atoms with Crippen molar-refractivity contribution in [3.8, 4) is 11.5 Å². The number of amides is 4. The van der Waals surface area contributed by atoms with Crippen molar-refractivity contribution in [3.63, 3.8) is 0 Å². The number of hydrogen-bond acceptors (Lipinski definition) is 6. The van der Waals surface area contributed by atoms with Gasteiger partial charge in [0.15, 0.2) is 11.5 Å². The molecule has 9 nitrogen and oxygen atoms in total. The molecule has 1 aromatic carbocycles. The number of halogens is 1. The number of fused-ring (bicyclic) bond motifs is 1. The monoisotopic (exact) mass is 506 g/mol. The Morgan fingerprint density at radius 2 is 1.94 bits per heavy atom. The number of carbonyl (C=O) groups excluding carboxylic acids is 3. The summed E-state index contributed by atoms with van der Waals surface area (Å²) in [5.41, 5.74) is -0.577. The third kappa shape index (κ3) is 4.39. The minimum Gasteiger partial charge on any atom is -0.454 e. The van der Waals surface area contributed by atoms with Crippen LogP contribution in [0.2, 0.25) is 5.02 Å². The van der Waals surface area contributed by atoms with Crippen molar-refractivity contribution < 1.29 is 23.9 Å². The summed E-state index contributed by atoms with van der Waals surface area (Å²) in [6.45, 7) is 10.3. The molecule has 11 heteroatoms. The zero-order valence-corrected chi connectivity index (χ0v) is 21.2. The van der Waals surface area contributed by atoms with Gasteiger partial charge in [-0.3, -0.25) is 14.9 Å². The number of piperazine rings is 1. The number of anilines is 2. The maximum Gasteiger partial charge on any atom is 0.324 e. The van der Waals surface area contributed by atoms with Crippen LogP contribution < -0.4 is 25.4 Å². The van der Waals surface area contributed by atoms with Gasteiger partial charge in [0.1, 0.15) is 15.6 Å². The van der Waals surface area contributed by atoms with Gasteiger partial charge in [0, 0.05) is 18.0 Å². The Bertz CT molecular complexity index is 1170. The lowest BCUT2D eigenvalue weighted by Crippen LogP contribution is -2.63. The zero-order chi connectivity index (χ0) is 24.8. The number of benzene rings is 1. The molecule has 2 aliphatic heterocycles. The Morgan fingerprint density at radius 1 is 1.21 bits per heavy atom. The molecule has 1 saturated heterocycles. The molecule has 0 saturated carbocycles. The van der Waals surface area contributed by atoms with Crippen molar-refractivity contribution >= 4 is 51.5 Å². The van der Waals surface area contributed by atoms with Gasteiger partial charge in [0.05, 0.1) is 11.3 Å². The molecule has 2 aliphatic rings. The van der Waals surface area contributed by atoms with Gasteiger partial charge in [0.2, 0.25) is 12.7 Å². The summed E-state index contributed by atoms with van der Waals surface area (Å²) < 4.78 is 10.6. The number of urea groups is 1. The lowest BCUT2D eigenvalue weighted by Gasteiger charge is -2.41. The van der Waals surface area contributed by atoms with Crippen LogP contribution in [0, 0.1) is 0 Å². The van der Waals surface area contributed by atoms with E-state index in [1.165, 1.54) is 16.2 Å². The Hall–Kier alpha value is -2.98. The molecule has 0 aliphatic carbocycles.